The molecule has 6 heteroatoms. The van der Waals surface area contributed by atoms with Crippen LogP contribution in [0.5, 0.6) is 0 Å². The van der Waals surface area contributed by atoms with Gasteiger partial charge in [0.2, 0.25) is 5.91 Å². The molecule has 0 spiro atoms. The summed E-state index contributed by atoms with van der Waals surface area (Å²) in [5.74, 6) is -0.684. The van der Waals surface area contributed by atoms with Gasteiger partial charge >= 0.3 is 5.97 Å². The van der Waals surface area contributed by atoms with E-state index in [0.29, 0.717) is 22.9 Å². The molecule has 15 heavy (non-hydrogen) atoms. The van der Waals surface area contributed by atoms with Crippen LogP contribution in [0.4, 0.5) is 5.00 Å². The van der Waals surface area contributed by atoms with Gasteiger partial charge in [0.05, 0.1) is 12.3 Å². The van der Waals surface area contributed by atoms with Gasteiger partial charge in [-0.2, -0.15) is 4.37 Å². The van der Waals surface area contributed by atoms with Crippen LogP contribution in [0.15, 0.2) is 0 Å². The van der Waals surface area contributed by atoms with Crippen molar-refractivity contribution in [3.05, 3.63) is 11.3 Å². The van der Waals surface area contributed by atoms with Crippen LogP contribution < -0.4 is 5.32 Å². The van der Waals surface area contributed by atoms with Crippen LogP contribution in [0.1, 0.15) is 29.9 Å². The largest absolute Gasteiger partial charge is 0.462 e. The van der Waals surface area contributed by atoms with E-state index in [1.807, 2.05) is 0 Å². The van der Waals surface area contributed by atoms with E-state index in [2.05, 4.69) is 9.69 Å². The average Bonchev–Trinajstić information content (AvgIpc) is 2.46. The molecule has 0 saturated heterocycles. The molecule has 0 unspecified atom stereocenters. The maximum Gasteiger partial charge on any atom is 0.343 e. The van der Waals surface area contributed by atoms with E-state index in [0.717, 1.165) is 11.5 Å². The van der Waals surface area contributed by atoms with E-state index < -0.39 is 5.97 Å². The number of amides is 1. The van der Waals surface area contributed by atoms with Gasteiger partial charge in [-0.1, -0.05) is 0 Å². The summed E-state index contributed by atoms with van der Waals surface area (Å²) in [5.41, 5.74) is 0.916. The van der Waals surface area contributed by atoms with Crippen LogP contribution in [0, 0.1) is 6.92 Å². The van der Waals surface area contributed by atoms with Crippen molar-refractivity contribution in [2.24, 2.45) is 0 Å². The highest BCUT2D eigenvalue weighted by Crippen LogP contribution is 2.25. The van der Waals surface area contributed by atoms with E-state index in [-0.39, 0.29) is 5.91 Å². The summed E-state index contributed by atoms with van der Waals surface area (Å²) in [4.78, 5) is 22.4. The lowest BCUT2D eigenvalue weighted by atomic mass is 10.2. The van der Waals surface area contributed by atoms with Gasteiger partial charge in [0, 0.05) is 6.92 Å². The molecule has 0 aliphatic carbocycles. The number of carbonyl (C=O) groups is 2. The Labute approximate surface area is 91.6 Å². The molecular formula is C9H12N2O3S. The Morgan fingerprint density at radius 1 is 1.53 bits per heavy atom. The van der Waals surface area contributed by atoms with E-state index in [4.69, 9.17) is 4.74 Å². The predicted octanol–water partition coefficient (Wildman–Crippen LogP) is 1.59. The molecule has 5 nitrogen and oxygen atoms in total. The van der Waals surface area contributed by atoms with Gasteiger partial charge in [-0.25, -0.2) is 4.79 Å². The lowest BCUT2D eigenvalue weighted by Gasteiger charge is -2.03. The predicted molar refractivity (Wildman–Crippen MR) is 57.1 cm³/mol. The Bertz CT molecular complexity index is 387. The molecule has 0 fully saturated rings. The molecule has 1 aromatic heterocycles. The summed E-state index contributed by atoms with van der Waals surface area (Å²) in [6.45, 7) is 5.11. The van der Waals surface area contributed by atoms with Gasteiger partial charge < -0.3 is 10.1 Å². The highest BCUT2D eigenvalue weighted by atomic mass is 32.1. The zero-order chi connectivity index (χ0) is 11.4. The molecule has 0 aliphatic heterocycles. The van der Waals surface area contributed by atoms with Crippen LogP contribution in [0.2, 0.25) is 0 Å². The third-order valence-electron chi connectivity index (χ3n) is 1.63. The fourth-order valence-corrected chi connectivity index (χ4v) is 1.89. The van der Waals surface area contributed by atoms with E-state index in [9.17, 15) is 9.59 Å². The topological polar surface area (TPSA) is 68.3 Å². The van der Waals surface area contributed by atoms with Crippen molar-refractivity contribution >= 4 is 28.4 Å². The number of aryl methyl sites for hydroxylation is 1. The van der Waals surface area contributed by atoms with Crippen molar-refractivity contribution in [1.29, 1.82) is 0 Å². The monoisotopic (exact) mass is 228 g/mol. The molecule has 1 rings (SSSR count). The van der Waals surface area contributed by atoms with Gasteiger partial charge in [0.1, 0.15) is 10.6 Å². The number of rotatable bonds is 3. The first kappa shape index (κ1) is 11.6. The lowest BCUT2D eigenvalue weighted by molar-refractivity contribution is -0.114. The second-order valence-corrected chi connectivity index (χ2v) is 3.65. The summed E-state index contributed by atoms with van der Waals surface area (Å²) in [6.07, 6.45) is 0. The Morgan fingerprint density at radius 2 is 2.20 bits per heavy atom. The lowest BCUT2D eigenvalue weighted by Crippen LogP contribution is -2.11. The molecular weight excluding hydrogens is 216 g/mol. The Balaban J connectivity index is 2.98. The van der Waals surface area contributed by atoms with E-state index in [1.54, 1.807) is 13.8 Å². The molecule has 1 N–H and O–H groups in total. The first-order chi connectivity index (χ1) is 7.06. The van der Waals surface area contributed by atoms with Crippen LogP contribution in [0.25, 0.3) is 0 Å². The van der Waals surface area contributed by atoms with Gasteiger partial charge in [-0.05, 0) is 25.4 Å². The number of aromatic nitrogens is 1. The third kappa shape index (κ3) is 2.76. The maximum absolute atomic E-state index is 11.5. The first-order valence-corrected chi connectivity index (χ1v) is 5.24. The molecule has 1 aromatic rings. The van der Waals surface area contributed by atoms with Gasteiger partial charge in [0.25, 0.3) is 0 Å². The fourth-order valence-electron chi connectivity index (χ4n) is 1.06. The van der Waals surface area contributed by atoms with E-state index >= 15 is 0 Å². The van der Waals surface area contributed by atoms with Crippen molar-refractivity contribution in [2.45, 2.75) is 20.8 Å². The molecule has 0 bridgehead atoms. The second-order valence-electron chi connectivity index (χ2n) is 2.87. The molecule has 0 aromatic carbocycles. The van der Waals surface area contributed by atoms with Gasteiger partial charge in [-0.3, -0.25) is 4.79 Å². The van der Waals surface area contributed by atoms with Crippen LogP contribution in [0.3, 0.4) is 0 Å². The average molecular weight is 228 g/mol. The number of hydrogen-bond donors (Lipinski definition) is 1. The first-order valence-electron chi connectivity index (χ1n) is 4.47. The zero-order valence-electron chi connectivity index (χ0n) is 8.79. The Morgan fingerprint density at radius 3 is 2.73 bits per heavy atom. The summed E-state index contributed by atoms with van der Waals surface area (Å²) in [6, 6.07) is 0. The summed E-state index contributed by atoms with van der Waals surface area (Å²) in [7, 11) is 0. The van der Waals surface area contributed by atoms with Gasteiger partial charge in [-0.15, -0.1) is 0 Å². The smallest absolute Gasteiger partial charge is 0.343 e. The normalized spacial score (nSPS) is 9.80. The Hall–Kier alpha value is -1.43. The second kappa shape index (κ2) is 4.88. The number of nitrogens with one attached hydrogen (secondary N) is 1. The molecule has 0 saturated carbocycles. The minimum atomic E-state index is -0.451. The number of anilines is 1. The summed E-state index contributed by atoms with van der Waals surface area (Å²) >= 11 is 1.08. The minimum Gasteiger partial charge on any atom is -0.462 e. The number of hydrogen-bond acceptors (Lipinski definition) is 5. The third-order valence-corrected chi connectivity index (χ3v) is 2.49. The molecule has 0 atom stereocenters. The fraction of sp³-hybridized carbons (Fsp3) is 0.444. The number of nitrogens with zero attached hydrogens (tertiary/aromatic N) is 1. The molecule has 0 radical (unpaired) electrons. The van der Waals surface area contributed by atoms with Crippen molar-refractivity contribution in [2.75, 3.05) is 11.9 Å². The zero-order valence-corrected chi connectivity index (χ0v) is 9.60. The number of carbonyl (C=O) groups excluding carboxylic acids is 2. The molecule has 1 heterocycles. The van der Waals surface area contributed by atoms with E-state index in [1.165, 1.54) is 6.92 Å². The van der Waals surface area contributed by atoms with Crippen LogP contribution in [-0.2, 0) is 9.53 Å². The Kier molecular flexibility index (Phi) is 3.79. The van der Waals surface area contributed by atoms with Crippen molar-refractivity contribution in [3.8, 4) is 0 Å². The van der Waals surface area contributed by atoms with Crippen molar-refractivity contribution in [1.82, 2.24) is 4.37 Å². The molecule has 1 amide bonds. The highest BCUT2D eigenvalue weighted by molar-refractivity contribution is 7.11. The summed E-state index contributed by atoms with van der Waals surface area (Å²) in [5, 5.41) is 2.99. The van der Waals surface area contributed by atoms with Crippen molar-refractivity contribution in [3.63, 3.8) is 0 Å². The summed E-state index contributed by atoms with van der Waals surface area (Å²) < 4.78 is 8.86. The molecule has 82 valence electrons. The number of esters is 1. The SMILES string of the molecule is CCOC(=O)c1c(C)nsc1NC(C)=O. The standard InChI is InChI=1S/C9H12N2O3S/c1-4-14-9(13)7-5(2)11-15-8(7)10-6(3)12/h4H2,1-3H3,(H,10,12). The molecule has 0 aliphatic rings. The van der Waals surface area contributed by atoms with Gasteiger partial charge in [0.15, 0.2) is 0 Å². The van der Waals surface area contributed by atoms with Crippen molar-refractivity contribution < 1.29 is 14.3 Å². The quantitative estimate of drug-likeness (QED) is 0.797. The number of ether oxygens (including phenoxy) is 1. The van der Waals surface area contributed by atoms with Crippen LogP contribution >= 0.6 is 11.5 Å². The maximum atomic E-state index is 11.5. The highest BCUT2D eigenvalue weighted by Gasteiger charge is 2.19. The van der Waals surface area contributed by atoms with Crippen LogP contribution in [-0.4, -0.2) is 22.9 Å². The minimum absolute atomic E-state index is 0.232.